The van der Waals surface area contributed by atoms with E-state index in [-0.39, 0.29) is 17.5 Å². The van der Waals surface area contributed by atoms with Crippen LogP contribution in [0.15, 0.2) is 12.1 Å². The van der Waals surface area contributed by atoms with Gasteiger partial charge in [-0.1, -0.05) is 20.8 Å². The van der Waals surface area contributed by atoms with E-state index in [0.717, 1.165) is 0 Å². The summed E-state index contributed by atoms with van der Waals surface area (Å²) in [6, 6.07) is 3.28. The Bertz CT molecular complexity index is 384. The lowest BCUT2D eigenvalue weighted by atomic mass is 9.88. The molecule has 0 aliphatic carbocycles. The first-order chi connectivity index (χ1) is 7.34. The lowest BCUT2D eigenvalue weighted by Gasteiger charge is -2.15. The van der Waals surface area contributed by atoms with Gasteiger partial charge in [0.15, 0.2) is 5.78 Å². The number of benzene rings is 1. The average Bonchev–Trinajstić information content (AvgIpc) is 2.22. The minimum atomic E-state index is -0.214. The number of halogens is 1. The Morgan fingerprint density at radius 3 is 1.94 bits per heavy atom. The molecule has 0 heterocycles. The fraction of sp³-hybridized carbons (Fsp3) is 0.500. The first-order valence-corrected chi connectivity index (χ1v) is 5.65. The van der Waals surface area contributed by atoms with Crippen LogP contribution in [0.3, 0.4) is 0 Å². The monoisotopic (exact) mass is 222 g/mol. The van der Waals surface area contributed by atoms with Crippen molar-refractivity contribution in [3.63, 3.8) is 0 Å². The number of rotatable bonds is 3. The van der Waals surface area contributed by atoms with Crippen molar-refractivity contribution in [3.8, 4) is 0 Å². The van der Waals surface area contributed by atoms with Crippen molar-refractivity contribution in [2.24, 2.45) is 11.8 Å². The van der Waals surface area contributed by atoms with Crippen molar-refractivity contribution in [3.05, 3.63) is 34.6 Å². The van der Waals surface area contributed by atoms with Crippen LogP contribution in [0.2, 0.25) is 0 Å². The lowest BCUT2D eigenvalue weighted by Crippen LogP contribution is -2.17. The Labute approximate surface area is 96.7 Å². The zero-order valence-electron chi connectivity index (χ0n) is 10.6. The van der Waals surface area contributed by atoms with Gasteiger partial charge < -0.3 is 0 Å². The molecular weight excluding hydrogens is 203 g/mol. The molecule has 0 N–H and O–H groups in total. The second-order valence-corrected chi connectivity index (χ2v) is 4.82. The summed E-state index contributed by atoms with van der Waals surface area (Å²) in [5.74, 6) is 0.164. The van der Waals surface area contributed by atoms with E-state index in [1.165, 1.54) is 0 Å². The van der Waals surface area contributed by atoms with Crippen LogP contribution in [0.25, 0.3) is 0 Å². The summed E-state index contributed by atoms with van der Waals surface area (Å²) in [6.07, 6.45) is 0. The number of carbonyl (C=O) groups excluding carboxylic acids is 1. The molecule has 1 aromatic rings. The van der Waals surface area contributed by atoms with Gasteiger partial charge in [0.1, 0.15) is 5.82 Å². The van der Waals surface area contributed by atoms with Crippen molar-refractivity contribution >= 4 is 5.78 Å². The number of Topliss-reactive ketones (excluding diaryl/α,β-unsaturated/α-hetero) is 1. The van der Waals surface area contributed by atoms with Crippen LogP contribution in [0.1, 0.15) is 42.3 Å². The fourth-order valence-corrected chi connectivity index (χ4v) is 1.65. The molecular formula is C14H19FO. The third kappa shape index (κ3) is 2.49. The lowest BCUT2D eigenvalue weighted by molar-refractivity contribution is 0.0899. The Morgan fingerprint density at radius 2 is 1.56 bits per heavy atom. The highest BCUT2D eigenvalue weighted by molar-refractivity contribution is 5.98. The van der Waals surface area contributed by atoms with Crippen LogP contribution in [0, 0.1) is 31.5 Å². The molecule has 0 saturated carbocycles. The quantitative estimate of drug-likeness (QED) is 0.708. The minimum absolute atomic E-state index is 0.0238. The summed E-state index contributed by atoms with van der Waals surface area (Å²) in [5, 5.41) is 0. The van der Waals surface area contributed by atoms with Gasteiger partial charge in [-0.25, -0.2) is 4.39 Å². The first kappa shape index (κ1) is 12.9. The molecule has 1 unspecified atom stereocenters. The first-order valence-electron chi connectivity index (χ1n) is 5.65. The van der Waals surface area contributed by atoms with Crippen LogP contribution >= 0.6 is 0 Å². The SMILES string of the molecule is Cc1cc(C(=O)C(C)C(C)C)cc(C)c1F. The molecule has 1 aromatic carbocycles. The number of hydrogen-bond donors (Lipinski definition) is 0. The highest BCUT2D eigenvalue weighted by Crippen LogP contribution is 2.20. The Kier molecular flexibility index (Phi) is 3.84. The van der Waals surface area contributed by atoms with Crippen LogP contribution in [0.5, 0.6) is 0 Å². The number of carbonyl (C=O) groups is 1. The molecule has 1 rings (SSSR count). The zero-order valence-corrected chi connectivity index (χ0v) is 10.6. The Balaban J connectivity index is 3.11. The van der Waals surface area contributed by atoms with Gasteiger partial charge in [0.25, 0.3) is 0 Å². The second kappa shape index (κ2) is 4.77. The molecule has 0 aliphatic rings. The maximum atomic E-state index is 13.4. The molecule has 88 valence electrons. The molecule has 0 radical (unpaired) electrons. The largest absolute Gasteiger partial charge is 0.294 e. The van der Waals surface area contributed by atoms with Gasteiger partial charge in [0.05, 0.1) is 0 Å². The Morgan fingerprint density at radius 1 is 1.12 bits per heavy atom. The van der Waals surface area contributed by atoms with Gasteiger partial charge in [-0.2, -0.15) is 0 Å². The van der Waals surface area contributed by atoms with Gasteiger partial charge >= 0.3 is 0 Å². The minimum Gasteiger partial charge on any atom is -0.294 e. The molecule has 2 heteroatoms. The molecule has 0 aliphatic heterocycles. The van der Waals surface area contributed by atoms with Gasteiger partial charge in [0.2, 0.25) is 0 Å². The molecule has 0 fully saturated rings. The predicted octanol–water partition coefficient (Wildman–Crippen LogP) is 3.92. The van der Waals surface area contributed by atoms with E-state index >= 15 is 0 Å². The summed E-state index contributed by atoms with van der Waals surface area (Å²) in [6.45, 7) is 9.34. The van der Waals surface area contributed by atoms with E-state index in [1.807, 2.05) is 20.8 Å². The van der Waals surface area contributed by atoms with Gasteiger partial charge in [0, 0.05) is 11.5 Å². The second-order valence-electron chi connectivity index (χ2n) is 4.82. The van der Waals surface area contributed by atoms with Gasteiger partial charge in [-0.3, -0.25) is 4.79 Å². The number of hydrogen-bond acceptors (Lipinski definition) is 1. The molecule has 1 atom stereocenters. The maximum Gasteiger partial charge on any atom is 0.165 e. The highest BCUT2D eigenvalue weighted by atomic mass is 19.1. The molecule has 0 amide bonds. The topological polar surface area (TPSA) is 17.1 Å². The number of aryl methyl sites for hydroxylation is 2. The van der Waals surface area contributed by atoms with E-state index in [4.69, 9.17) is 0 Å². The summed E-state index contributed by atoms with van der Waals surface area (Å²) < 4.78 is 13.4. The normalized spacial score (nSPS) is 12.9. The Hall–Kier alpha value is -1.18. The van der Waals surface area contributed by atoms with Crippen molar-refractivity contribution in [1.29, 1.82) is 0 Å². The summed E-state index contributed by atoms with van der Waals surface area (Å²) in [4.78, 5) is 12.1. The van der Waals surface area contributed by atoms with Crippen molar-refractivity contribution in [2.45, 2.75) is 34.6 Å². The third-order valence-electron chi connectivity index (χ3n) is 3.13. The summed E-state index contributed by atoms with van der Waals surface area (Å²) >= 11 is 0. The molecule has 0 aromatic heterocycles. The van der Waals surface area contributed by atoms with Crippen molar-refractivity contribution in [1.82, 2.24) is 0 Å². The van der Waals surface area contributed by atoms with E-state index < -0.39 is 0 Å². The summed E-state index contributed by atoms with van der Waals surface area (Å²) in [5.41, 5.74) is 1.70. The van der Waals surface area contributed by atoms with Crippen LogP contribution in [-0.2, 0) is 0 Å². The van der Waals surface area contributed by atoms with Gasteiger partial charge in [-0.15, -0.1) is 0 Å². The van der Waals surface area contributed by atoms with Crippen LogP contribution in [0.4, 0.5) is 4.39 Å². The highest BCUT2D eigenvalue weighted by Gasteiger charge is 2.19. The molecule has 0 spiro atoms. The van der Waals surface area contributed by atoms with E-state index in [1.54, 1.807) is 26.0 Å². The molecule has 1 nitrogen and oxygen atoms in total. The maximum absolute atomic E-state index is 13.4. The summed E-state index contributed by atoms with van der Waals surface area (Å²) in [7, 11) is 0. The average molecular weight is 222 g/mol. The van der Waals surface area contributed by atoms with E-state index in [9.17, 15) is 9.18 Å². The van der Waals surface area contributed by atoms with E-state index in [0.29, 0.717) is 22.6 Å². The van der Waals surface area contributed by atoms with Crippen LogP contribution < -0.4 is 0 Å². The number of ketones is 1. The third-order valence-corrected chi connectivity index (χ3v) is 3.13. The smallest absolute Gasteiger partial charge is 0.165 e. The van der Waals surface area contributed by atoms with Crippen molar-refractivity contribution < 1.29 is 9.18 Å². The molecule has 0 saturated heterocycles. The van der Waals surface area contributed by atoms with Crippen LogP contribution in [-0.4, -0.2) is 5.78 Å². The predicted molar refractivity (Wildman–Crippen MR) is 64.2 cm³/mol. The van der Waals surface area contributed by atoms with Gasteiger partial charge in [-0.05, 0) is 43.0 Å². The molecule has 0 bridgehead atoms. The zero-order chi connectivity index (χ0) is 12.5. The fourth-order valence-electron chi connectivity index (χ4n) is 1.65. The standard InChI is InChI=1S/C14H19FO/c1-8(2)11(5)14(16)12-6-9(3)13(15)10(4)7-12/h6-8,11H,1-5H3. The molecule has 16 heavy (non-hydrogen) atoms. The van der Waals surface area contributed by atoms with E-state index in [2.05, 4.69) is 0 Å². The van der Waals surface area contributed by atoms with Crippen molar-refractivity contribution in [2.75, 3.05) is 0 Å².